The van der Waals surface area contributed by atoms with Crippen molar-refractivity contribution in [3.05, 3.63) is 42.2 Å². The average molecular weight is 331 g/mol. The fraction of sp³-hybridized carbons (Fsp3) is 0.500. The largest absolute Gasteiger partial charge is 1.00 e. The summed E-state index contributed by atoms with van der Waals surface area (Å²) in [6.45, 7) is 9.51. The Balaban J connectivity index is 0.000000902. The van der Waals surface area contributed by atoms with Gasteiger partial charge in [0, 0.05) is 0 Å². The van der Waals surface area contributed by atoms with E-state index in [-0.39, 0.29) is 44.0 Å². The third-order valence-electron chi connectivity index (χ3n) is 4.52. The molecule has 2 aliphatic carbocycles. The second-order valence-corrected chi connectivity index (χ2v) is 7.74. The molecule has 0 aromatic heterocycles. The molecule has 0 amide bonds. The van der Waals surface area contributed by atoms with Gasteiger partial charge in [-0.1, -0.05) is 0 Å². The molecule has 2 atom stereocenters. The van der Waals surface area contributed by atoms with Gasteiger partial charge < -0.3 is 24.8 Å². The van der Waals surface area contributed by atoms with Crippen LogP contribution in [0.1, 0.15) is 40.5 Å². The molecular weight excluding hydrogens is 311 g/mol. The molecule has 0 saturated heterocycles. The zero-order valence-corrected chi connectivity index (χ0v) is 15.1. The minimum absolute atomic E-state index is 0. The molecule has 19 heavy (non-hydrogen) atoms. The molecule has 1 heterocycles. The Morgan fingerprint density at radius 3 is 1.58 bits per heavy atom. The Labute approximate surface area is 138 Å². The summed E-state index contributed by atoms with van der Waals surface area (Å²) < 4.78 is 3.61. The Morgan fingerprint density at radius 1 is 0.842 bits per heavy atom. The zero-order chi connectivity index (χ0) is 12.2. The molecule has 0 spiro atoms. The van der Waals surface area contributed by atoms with Crippen LogP contribution in [0.15, 0.2) is 42.2 Å². The van der Waals surface area contributed by atoms with E-state index in [0.29, 0.717) is 0 Å². The van der Waals surface area contributed by atoms with Crippen molar-refractivity contribution in [2.45, 2.75) is 40.5 Å². The summed E-state index contributed by atoms with van der Waals surface area (Å²) in [6.07, 6.45) is 7.57. The van der Waals surface area contributed by atoms with Gasteiger partial charge in [0.1, 0.15) is 0 Å². The van der Waals surface area contributed by atoms with Crippen LogP contribution in [-0.4, -0.2) is 0 Å². The minimum atomic E-state index is -0.0539. The van der Waals surface area contributed by atoms with Crippen LogP contribution in [0, 0.1) is 11.8 Å². The van der Waals surface area contributed by atoms with Crippen LogP contribution in [0.3, 0.4) is 0 Å². The van der Waals surface area contributed by atoms with Crippen molar-refractivity contribution in [1.29, 1.82) is 0 Å². The van der Waals surface area contributed by atoms with Gasteiger partial charge in [0.25, 0.3) is 0 Å². The van der Waals surface area contributed by atoms with Crippen molar-refractivity contribution in [2.75, 3.05) is 0 Å². The number of hydrogen-bond donors (Lipinski definition) is 0. The summed E-state index contributed by atoms with van der Waals surface area (Å²) in [6, 6.07) is 0. The fourth-order valence-corrected chi connectivity index (χ4v) is 5.93. The molecule has 3 heteroatoms. The molecule has 0 N–H and O–H groups in total. The second kappa shape index (κ2) is 6.35. The molecule has 0 fully saturated rings. The third-order valence-corrected chi connectivity index (χ3v) is 7.95. The van der Waals surface area contributed by atoms with Gasteiger partial charge in [-0.3, -0.25) is 0 Å². The number of allylic oxidation sites excluding steroid dienone is 8. The van der Waals surface area contributed by atoms with Crippen molar-refractivity contribution < 1.29 is 44.0 Å². The summed E-state index contributed by atoms with van der Waals surface area (Å²) in [5, 5.41) is 0. The van der Waals surface area contributed by atoms with Crippen LogP contribution >= 0.6 is 0 Å². The van der Waals surface area contributed by atoms with Gasteiger partial charge >= 0.3 is 114 Å². The normalized spacial score (nSPS) is 28.0. The average Bonchev–Trinajstić information content (AvgIpc) is 2.70. The van der Waals surface area contributed by atoms with Gasteiger partial charge in [0.15, 0.2) is 0 Å². The zero-order valence-electron chi connectivity index (χ0n) is 12.0. The van der Waals surface area contributed by atoms with Gasteiger partial charge in [-0.05, 0) is 0 Å². The molecule has 0 aromatic rings. The third kappa shape index (κ3) is 2.83. The summed E-state index contributed by atoms with van der Waals surface area (Å²) in [5.41, 5.74) is 6.59. The molecule has 0 radical (unpaired) electrons. The van der Waals surface area contributed by atoms with E-state index in [2.05, 4.69) is 39.8 Å². The summed E-state index contributed by atoms with van der Waals surface area (Å²) in [4.78, 5) is 0. The SMILES string of the molecule is CC1=[C]2[Ti+2][C]3=C(C)C(=CC3C)CCC1=CC2C.[Cl-].[Cl-]. The van der Waals surface area contributed by atoms with Crippen LogP contribution in [-0.2, 0) is 19.2 Å². The van der Waals surface area contributed by atoms with Crippen molar-refractivity contribution in [3.63, 3.8) is 0 Å². The van der Waals surface area contributed by atoms with Gasteiger partial charge in [-0.15, -0.1) is 0 Å². The van der Waals surface area contributed by atoms with Crippen molar-refractivity contribution in [3.8, 4) is 0 Å². The van der Waals surface area contributed by atoms with E-state index in [0.717, 1.165) is 11.8 Å². The summed E-state index contributed by atoms with van der Waals surface area (Å²) in [5.74, 6) is 1.44. The predicted molar refractivity (Wildman–Crippen MR) is 69.1 cm³/mol. The number of fused-ring (bicyclic) bond motifs is 2. The molecule has 4 bridgehead atoms. The Bertz CT molecular complexity index is 463. The van der Waals surface area contributed by atoms with Gasteiger partial charge in [0.2, 0.25) is 0 Å². The molecule has 102 valence electrons. The van der Waals surface area contributed by atoms with Crippen LogP contribution < -0.4 is 24.8 Å². The van der Waals surface area contributed by atoms with Gasteiger partial charge in [-0.25, -0.2) is 0 Å². The van der Waals surface area contributed by atoms with E-state index in [9.17, 15) is 0 Å². The Kier molecular flexibility index (Phi) is 5.78. The quantitative estimate of drug-likeness (QED) is 0.478. The molecule has 0 aromatic carbocycles. The van der Waals surface area contributed by atoms with E-state index in [4.69, 9.17) is 0 Å². The Morgan fingerprint density at radius 2 is 1.21 bits per heavy atom. The number of hydrogen-bond acceptors (Lipinski definition) is 0. The second-order valence-electron chi connectivity index (χ2n) is 5.66. The van der Waals surface area contributed by atoms with E-state index in [1.807, 2.05) is 0 Å². The molecule has 1 aliphatic heterocycles. The first-order valence-corrected chi connectivity index (χ1v) is 8.24. The Hall–Kier alpha value is 0.254. The predicted octanol–water partition coefficient (Wildman–Crippen LogP) is -1.43. The van der Waals surface area contributed by atoms with Gasteiger partial charge in [0.05, 0.1) is 0 Å². The number of halogens is 2. The number of rotatable bonds is 0. The fourth-order valence-electron chi connectivity index (χ4n) is 3.42. The monoisotopic (exact) mass is 330 g/mol. The van der Waals surface area contributed by atoms with Crippen LogP contribution in [0.4, 0.5) is 0 Å². The van der Waals surface area contributed by atoms with Crippen LogP contribution in [0.5, 0.6) is 0 Å². The summed E-state index contributed by atoms with van der Waals surface area (Å²) >= 11 is -0.0539. The van der Waals surface area contributed by atoms with Crippen molar-refractivity contribution in [2.24, 2.45) is 11.8 Å². The van der Waals surface area contributed by atoms with Crippen LogP contribution in [0.2, 0.25) is 0 Å². The first kappa shape index (κ1) is 17.3. The topological polar surface area (TPSA) is 0 Å². The first-order valence-electron chi connectivity index (χ1n) is 6.68. The smallest absolute Gasteiger partial charge is 1.00 e. The molecule has 3 rings (SSSR count). The van der Waals surface area contributed by atoms with Gasteiger partial charge in [-0.2, -0.15) is 0 Å². The maximum absolute atomic E-state index is 2.53. The van der Waals surface area contributed by atoms with E-state index in [1.165, 1.54) is 12.8 Å². The van der Waals surface area contributed by atoms with Crippen LogP contribution in [0.25, 0.3) is 0 Å². The molecule has 0 saturated carbocycles. The van der Waals surface area contributed by atoms with Crippen molar-refractivity contribution >= 4 is 0 Å². The summed E-state index contributed by atoms with van der Waals surface area (Å²) in [7, 11) is 0. The molecule has 3 aliphatic rings. The molecule has 0 nitrogen and oxygen atoms in total. The van der Waals surface area contributed by atoms with Crippen molar-refractivity contribution in [1.82, 2.24) is 0 Å². The maximum Gasteiger partial charge on any atom is -1.00 e. The minimum Gasteiger partial charge on any atom is -1.00 e. The maximum atomic E-state index is 2.53. The molecular formula is C16H20Cl2Ti. The standard InChI is InChI=1S/C16H20.2ClH.Ti/c1-11-7-13(3)15(9-11)5-6-16-10-12(2)8-14(16)4;;;/h9-12H,5-6H2,1-4H3;2*1H;/q;;;+2/p-2. The van der Waals surface area contributed by atoms with E-state index in [1.54, 1.807) is 30.0 Å². The molecule has 2 unspecified atom stereocenters. The first-order chi connectivity index (χ1) is 8.08. The van der Waals surface area contributed by atoms with E-state index >= 15 is 0 Å². The van der Waals surface area contributed by atoms with E-state index < -0.39 is 0 Å².